The molecular weight excluding hydrogens is 581 g/mol. The van der Waals surface area contributed by atoms with Crippen LogP contribution >= 0.6 is 0 Å². The molecule has 0 bridgehead atoms. The van der Waals surface area contributed by atoms with Gasteiger partial charge in [-0.2, -0.15) is 0 Å². The average Bonchev–Trinajstić information content (AvgIpc) is 3.56. The molecule has 9 aromatic rings. The van der Waals surface area contributed by atoms with Gasteiger partial charge in [-0.05, 0) is 96.1 Å². The Morgan fingerprint density at radius 1 is 0.312 bits per heavy atom. The highest BCUT2D eigenvalue weighted by molar-refractivity contribution is 6.22. The monoisotopic (exact) mass is 616 g/mol. The molecule has 0 aliphatic heterocycles. The highest BCUT2D eigenvalue weighted by atomic mass is 15.0. The fourth-order valence-electron chi connectivity index (χ4n) is 7.89. The summed E-state index contributed by atoms with van der Waals surface area (Å²) < 4.78 is 4.94. The zero-order chi connectivity index (χ0) is 32.5. The minimum atomic E-state index is 1.19. The molecule has 0 amide bonds. The van der Waals surface area contributed by atoms with Crippen LogP contribution in [0.15, 0.2) is 146 Å². The van der Waals surface area contributed by atoms with Crippen LogP contribution in [-0.4, -0.2) is 9.13 Å². The Balaban J connectivity index is 1.30. The van der Waals surface area contributed by atoms with E-state index in [1.807, 2.05) is 0 Å². The Hall–Kier alpha value is -5.86. The van der Waals surface area contributed by atoms with Crippen molar-refractivity contribution < 1.29 is 0 Å². The van der Waals surface area contributed by atoms with Crippen LogP contribution in [0.25, 0.3) is 77.0 Å². The maximum Gasteiger partial charge on any atom is 0.0612 e. The molecule has 2 aromatic heterocycles. The number of aromatic nitrogens is 2. The van der Waals surface area contributed by atoms with Crippen LogP contribution < -0.4 is 0 Å². The van der Waals surface area contributed by atoms with Crippen molar-refractivity contribution in [3.63, 3.8) is 0 Å². The lowest BCUT2D eigenvalue weighted by atomic mass is 9.97. The van der Waals surface area contributed by atoms with Crippen LogP contribution in [0.1, 0.15) is 22.5 Å². The van der Waals surface area contributed by atoms with Gasteiger partial charge in [-0.25, -0.2) is 0 Å². The summed E-state index contributed by atoms with van der Waals surface area (Å²) in [7, 11) is 0. The molecule has 9 rings (SSSR count). The molecule has 0 radical (unpaired) electrons. The summed E-state index contributed by atoms with van der Waals surface area (Å²) >= 11 is 0. The lowest BCUT2D eigenvalue weighted by Crippen LogP contribution is -1.98. The van der Waals surface area contributed by atoms with Crippen molar-refractivity contribution in [1.82, 2.24) is 9.13 Å². The average molecular weight is 617 g/mol. The van der Waals surface area contributed by atoms with Crippen molar-refractivity contribution in [1.29, 1.82) is 0 Å². The van der Waals surface area contributed by atoms with Crippen molar-refractivity contribution in [3.05, 3.63) is 168 Å². The molecule has 48 heavy (non-hydrogen) atoms. The molecule has 2 heteroatoms. The first-order valence-corrected chi connectivity index (χ1v) is 16.8. The molecule has 0 aliphatic carbocycles. The highest BCUT2D eigenvalue weighted by Crippen LogP contribution is 2.41. The maximum atomic E-state index is 2.47. The lowest BCUT2D eigenvalue weighted by molar-refractivity contribution is 1.04. The van der Waals surface area contributed by atoms with Gasteiger partial charge in [0, 0.05) is 44.3 Å². The summed E-state index contributed by atoms with van der Waals surface area (Å²) in [5, 5.41) is 7.72. The smallest absolute Gasteiger partial charge is 0.0612 e. The number of fused-ring (bicyclic) bond motifs is 7. The molecule has 0 aliphatic rings. The van der Waals surface area contributed by atoms with E-state index in [0.29, 0.717) is 0 Å². The van der Waals surface area contributed by atoms with E-state index in [1.165, 1.54) is 99.5 Å². The zero-order valence-electron chi connectivity index (χ0n) is 27.8. The van der Waals surface area contributed by atoms with Crippen LogP contribution in [-0.2, 0) is 0 Å². The minimum absolute atomic E-state index is 1.19. The van der Waals surface area contributed by atoms with E-state index >= 15 is 0 Å². The molecule has 0 saturated carbocycles. The van der Waals surface area contributed by atoms with Crippen LogP contribution in [0.3, 0.4) is 0 Å². The Morgan fingerprint density at radius 2 is 0.667 bits per heavy atom. The topological polar surface area (TPSA) is 9.86 Å². The van der Waals surface area contributed by atoms with Gasteiger partial charge >= 0.3 is 0 Å². The van der Waals surface area contributed by atoms with Crippen LogP contribution in [0.5, 0.6) is 0 Å². The standard InChI is InChI=1S/C46H36N2/c1-29-31(3)47(37-19-11-17-35(27-37)33-13-7-5-8-14-33)45-39(29)21-23-41-42-24-22-40-30(2)32(4)48(46(40)44(42)26-25-43(41)45)38-20-12-18-36(28-38)34-15-9-6-10-16-34/h5-28H,1-4H3. The molecule has 0 N–H and O–H groups in total. The Kier molecular flexibility index (Phi) is 6.42. The van der Waals surface area contributed by atoms with Gasteiger partial charge in [0.15, 0.2) is 0 Å². The first-order chi connectivity index (χ1) is 23.5. The predicted octanol–water partition coefficient (Wildman–Crippen LogP) is 12.4. The maximum absolute atomic E-state index is 2.47. The van der Waals surface area contributed by atoms with Gasteiger partial charge in [-0.1, -0.05) is 121 Å². The van der Waals surface area contributed by atoms with E-state index in [0.717, 1.165) is 0 Å². The van der Waals surface area contributed by atoms with E-state index in [4.69, 9.17) is 0 Å². The Labute approximate surface area is 281 Å². The predicted molar refractivity (Wildman–Crippen MR) is 205 cm³/mol. The minimum Gasteiger partial charge on any atom is -0.313 e. The normalized spacial score (nSPS) is 11.8. The molecule has 0 saturated heterocycles. The number of hydrogen-bond donors (Lipinski definition) is 0. The summed E-state index contributed by atoms with van der Waals surface area (Å²) in [5.74, 6) is 0. The number of rotatable bonds is 4. The fourth-order valence-corrected chi connectivity index (χ4v) is 7.89. The second kappa shape index (κ2) is 10.9. The van der Waals surface area contributed by atoms with Crippen LogP contribution in [0, 0.1) is 27.7 Å². The van der Waals surface area contributed by atoms with E-state index in [2.05, 4.69) is 182 Å². The molecule has 7 aromatic carbocycles. The largest absolute Gasteiger partial charge is 0.313 e. The zero-order valence-corrected chi connectivity index (χ0v) is 27.8. The third kappa shape index (κ3) is 4.19. The quantitative estimate of drug-likeness (QED) is 0.174. The molecule has 230 valence electrons. The van der Waals surface area contributed by atoms with Gasteiger partial charge in [0.05, 0.1) is 11.0 Å². The summed E-state index contributed by atoms with van der Waals surface area (Å²) in [6.07, 6.45) is 0. The highest BCUT2D eigenvalue weighted by Gasteiger charge is 2.20. The number of benzene rings is 7. The summed E-state index contributed by atoms with van der Waals surface area (Å²) in [6, 6.07) is 53.3. The van der Waals surface area contributed by atoms with E-state index in [-0.39, 0.29) is 0 Å². The Bertz CT molecular complexity index is 2500. The third-order valence-electron chi connectivity index (χ3n) is 10.6. The van der Waals surface area contributed by atoms with Gasteiger partial charge in [0.25, 0.3) is 0 Å². The van der Waals surface area contributed by atoms with Crippen molar-refractivity contribution in [2.75, 3.05) is 0 Å². The van der Waals surface area contributed by atoms with Crippen molar-refractivity contribution >= 4 is 43.4 Å². The van der Waals surface area contributed by atoms with Gasteiger partial charge in [0.2, 0.25) is 0 Å². The third-order valence-corrected chi connectivity index (χ3v) is 10.6. The van der Waals surface area contributed by atoms with E-state index in [1.54, 1.807) is 0 Å². The summed E-state index contributed by atoms with van der Waals surface area (Å²) in [6.45, 7) is 9.02. The van der Waals surface area contributed by atoms with Gasteiger partial charge in [-0.15, -0.1) is 0 Å². The summed E-state index contributed by atoms with van der Waals surface area (Å²) in [5.41, 5.74) is 15.0. The van der Waals surface area contributed by atoms with E-state index in [9.17, 15) is 0 Å². The van der Waals surface area contributed by atoms with Gasteiger partial charge < -0.3 is 9.13 Å². The molecule has 2 heterocycles. The van der Waals surface area contributed by atoms with Crippen LogP contribution in [0.4, 0.5) is 0 Å². The summed E-state index contributed by atoms with van der Waals surface area (Å²) in [4.78, 5) is 0. The number of nitrogens with zero attached hydrogens (tertiary/aromatic N) is 2. The van der Waals surface area contributed by atoms with Crippen molar-refractivity contribution in [3.8, 4) is 33.6 Å². The number of aryl methyl sites for hydroxylation is 2. The molecule has 0 unspecified atom stereocenters. The lowest BCUT2D eigenvalue weighted by Gasteiger charge is -2.15. The number of hydrogen-bond acceptors (Lipinski definition) is 0. The molecule has 0 spiro atoms. The van der Waals surface area contributed by atoms with Gasteiger partial charge in [-0.3, -0.25) is 0 Å². The van der Waals surface area contributed by atoms with Crippen molar-refractivity contribution in [2.45, 2.75) is 27.7 Å². The second-order valence-electron chi connectivity index (χ2n) is 13.1. The van der Waals surface area contributed by atoms with Gasteiger partial charge in [0.1, 0.15) is 0 Å². The fraction of sp³-hybridized carbons (Fsp3) is 0.0870. The SMILES string of the molecule is Cc1c(C)n(-c2cccc(-c3ccccc3)c2)c2c1ccc1c3ccc4c(C)c(C)n(-c5cccc(-c6ccccc6)c5)c4c3ccc12. The van der Waals surface area contributed by atoms with Crippen molar-refractivity contribution in [2.24, 2.45) is 0 Å². The Morgan fingerprint density at radius 3 is 1.08 bits per heavy atom. The molecule has 0 atom stereocenters. The molecule has 2 nitrogen and oxygen atoms in total. The molecule has 0 fully saturated rings. The first-order valence-electron chi connectivity index (χ1n) is 16.8. The second-order valence-corrected chi connectivity index (χ2v) is 13.1. The van der Waals surface area contributed by atoms with E-state index < -0.39 is 0 Å². The molecular formula is C46H36N2. The first kappa shape index (κ1) is 28.4. The van der Waals surface area contributed by atoms with Crippen LogP contribution in [0.2, 0.25) is 0 Å².